The summed E-state index contributed by atoms with van der Waals surface area (Å²) in [6.07, 6.45) is 0. The summed E-state index contributed by atoms with van der Waals surface area (Å²) >= 11 is 0. The SMILES string of the molecule is Cc1cc(NC(=O)COC(=O)c2ccc(C(C)C)cc2)c([N+](=O)[O-])cc1C. The Kier molecular flexibility index (Phi) is 6.28. The molecular weight excluding hydrogens is 348 g/mol. The van der Waals surface area contributed by atoms with Gasteiger partial charge in [-0.15, -0.1) is 0 Å². The Balaban J connectivity index is 2.01. The largest absolute Gasteiger partial charge is 0.452 e. The van der Waals surface area contributed by atoms with Gasteiger partial charge in [0.1, 0.15) is 5.69 Å². The van der Waals surface area contributed by atoms with Crippen molar-refractivity contribution in [2.45, 2.75) is 33.6 Å². The molecule has 0 aliphatic heterocycles. The van der Waals surface area contributed by atoms with Crippen molar-refractivity contribution in [2.75, 3.05) is 11.9 Å². The van der Waals surface area contributed by atoms with E-state index in [9.17, 15) is 19.7 Å². The Morgan fingerprint density at radius 3 is 2.26 bits per heavy atom. The first-order valence-electron chi connectivity index (χ1n) is 8.51. The van der Waals surface area contributed by atoms with Gasteiger partial charge in [0, 0.05) is 6.07 Å². The van der Waals surface area contributed by atoms with Crippen molar-refractivity contribution in [3.8, 4) is 0 Å². The first kappa shape index (κ1) is 20.1. The van der Waals surface area contributed by atoms with Crippen LogP contribution in [-0.4, -0.2) is 23.4 Å². The maximum Gasteiger partial charge on any atom is 0.338 e. The van der Waals surface area contributed by atoms with E-state index in [1.807, 2.05) is 26.0 Å². The average molecular weight is 370 g/mol. The van der Waals surface area contributed by atoms with E-state index in [1.54, 1.807) is 26.0 Å². The zero-order valence-corrected chi connectivity index (χ0v) is 15.7. The number of esters is 1. The van der Waals surface area contributed by atoms with Crippen molar-refractivity contribution in [1.29, 1.82) is 0 Å². The lowest BCUT2D eigenvalue weighted by Gasteiger charge is -2.10. The van der Waals surface area contributed by atoms with E-state index < -0.39 is 23.4 Å². The van der Waals surface area contributed by atoms with Crippen molar-refractivity contribution < 1.29 is 19.2 Å². The second kappa shape index (κ2) is 8.44. The minimum Gasteiger partial charge on any atom is -0.452 e. The van der Waals surface area contributed by atoms with Gasteiger partial charge in [0.15, 0.2) is 6.61 Å². The topological polar surface area (TPSA) is 98.5 Å². The molecule has 0 bridgehead atoms. The van der Waals surface area contributed by atoms with Gasteiger partial charge in [0.2, 0.25) is 0 Å². The number of hydrogen-bond donors (Lipinski definition) is 1. The van der Waals surface area contributed by atoms with Gasteiger partial charge in [-0.05, 0) is 54.7 Å². The number of nitrogens with one attached hydrogen (secondary N) is 1. The molecule has 0 aliphatic rings. The summed E-state index contributed by atoms with van der Waals surface area (Å²) in [7, 11) is 0. The van der Waals surface area contributed by atoms with Gasteiger partial charge in [-0.3, -0.25) is 14.9 Å². The van der Waals surface area contributed by atoms with E-state index in [0.717, 1.165) is 16.7 Å². The third kappa shape index (κ3) is 5.13. The van der Waals surface area contributed by atoms with Crippen LogP contribution in [0.4, 0.5) is 11.4 Å². The lowest BCUT2D eigenvalue weighted by Crippen LogP contribution is -2.21. The molecule has 0 saturated carbocycles. The first-order valence-corrected chi connectivity index (χ1v) is 8.51. The number of nitro benzene ring substituents is 1. The number of rotatable bonds is 6. The van der Waals surface area contributed by atoms with Gasteiger partial charge in [0.05, 0.1) is 10.5 Å². The summed E-state index contributed by atoms with van der Waals surface area (Å²) in [4.78, 5) is 34.7. The summed E-state index contributed by atoms with van der Waals surface area (Å²) in [6.45, 7) is 7.10. The van der Waals surface area contributed by atoms with E-state index in [1.165, 1.54) is 12.1 Å². The number of benzene rings is 2. The Morgan fingerprint density at radius 2 is 1.70 bits per heavy atom. The van der Waals surface area contributed by atoms with Crippen LogP contribution in [-0.2, 0) is 9.53 Å². The third-order valence-corrected chi connectivity index (χ3v) is 4.23. The highest BCUT2D eigenvalue weighted by molar-refractivity contribution is 5.97. The van der Waals surface area contributed by atoms with Gasteiger partial charge in [-0.1, -0.05) is 26.0 Å². The molecule has 0 spiro atoms. The van der Waals surface area contributed by atoms with Crippen LogP contribution in [0, 0.1) is 24.0 Å². The number of nitrogens with zero attached hydrogens (tertiary/aromatic N) is 1. The van der Waals surface area contributed by atoms with E-state index >= 15 is 0 Å². The first-order chi connectivity index (χ1) is 12.7. The molecule has 0 atom stereocenters. The summed E-state index contributed by atoms with van der Waals surface area (Å²) in [5.74, 6) is -0.932. The van der Waals surface area contributed by atoms with Crippen LogP contribution in [0.3, 0.4) is 0 Å². The Morgan fingerprint density at radius 1 is 1.11 bits per heavy atom. The lowest BCUT2D eigenvalue weighted by atomic mass is 10.0. The fraction of sp³-hybridized carbons (Fsp3) is 0.300. The normalized spacial score (nSPS) is 10.6. The molecule has 0 aliphatic carbocycles. The third-order valence-electron chi connectivity index (χ3n) is 4.23. The van der Waals surface area contributed by atoms with Crippen LogP contribution in [0.5, 0.6) is 0 Å². The summed E-state index contributed by atoms with van der Waals surface area (Å²) < 4.78 is 5.00. The lowest BCUT2D eigenvalue weighted by molar-refractivity contribution is -0.384. The fourth-order valence-corrected chi connectivity index (χ4v) is 2.46. The number of carbonyl (C=O) groups is 2. The number of anilines is 1. The predicted octanol–water partition coefficient (Wildman–Crippen LogP) is 4.13. The average Bonchev–Trinajstić information content (AvgIpc) is 2.62. The molecule has 1 N–H and O–H groups in total. The molecular formula is C20H22N2O5. The Labute approximate surface area is 157 Å². The molecule has 2 rings (SSSR count). The summed E-state index contributed by atoms with van der Waals surface area (Å²) in [5.41, 5.74) is 2.84. The Hall–Kier alpha value is -3.22. The smallest absolute Gasteiger partial charge is 0.338 e. The zero-order valence-electron chi connectivity index (χ0n) is 15.7. The minimum atomic E-state index is -0.645. The molecule has 2 aromatic carbocycles. The van der Waals surface area contributed by atoms with Crippen molar-refractivity contribution in [1.82, 2.24) is 0 Å². The summed E-state index contributed by atoms with van der Waals surface area (Å²) in [6, 6.07) is 9.87. The number of aryl methyl sites for hydroxylation is 2. The molecule has 142 valence electrons. The minimum absolute atomic E-state index is 0.0745. The predicted molar refractivity (Wildman–Crippen MR) is 102 cm³/mol. The number of ether oxygens (including phenoxy) is 1. The van der Waals surface area contributed by atoms with Gasteiger partial charge < -0.3 is 10.1 Å². The standard InChI is InChI=1S/C20H22N2O5/c1-12(2)15-5-7-16(8-6-15)20(24)27-11-19(23)21-17-9-13(3)14(4)10-18(17)22(25)26/h5-10,12H,11H2,1-4H3,(H,21,23). The second-order valence-electron chi connectivity index (χ2n) is 6.61. The molecule has 2 aromatic rings. The van der Waals surface area contributed by atoms with E-state index in [4.69, 9.17) is 4.74 Å². The molecule has 7 nitrogen and oxygen atoms in total. The molecule has 0 fully saturated rings. The maximum atomic E-state index is 12.1. The molecule has 0 unspecified atom stereocenters. The fourth-order valence-electron chi connectivity index (χ4n) is 2.46. The van der Waals surface area contributed by atoms with Crippen molar-refractivity contribution in [3.05, 3.63) is 68.8 Å². The van der Waals surface area contributed by atoms with Crippen LogP contribution >= 0.6 is 0 Å². The number of amides is 1. The second-order valence-corrected chi connectivity index (χ2v) is 6.61. The van der Waals surface area contributed by atoms with E-state index in [-0.39, 0.29) is 11.4 Å². The van der Waals surface area contributed by atoms with Crippen molar-refractivity contribution >= 4 is 23.3 Å². The monoisotopic (exact) mass is 370 g/mol. The Bertz CT molecular complexity index is 873. The van der Waals surface area contributed by atoms with Crippen LogP contribution in [0.15, 0.2) is 36.4 Å². The zero-order chi connectivity index (χ0) is 20.1. The molecule has 27 heavy (non-hydrogen) atoms. The van der Waals surface area contributed by atoms with Crippen molar-refractivity contribution in [2.24, 2.45) is 0 Å². The molecule has 0 aromatic heterocycles. The molecule has 0 heterocycles. The van der Waals surface area contributed by atoms with Gasteiger partial charge >= 0.3 is 5.97 Å². The quantitative estimate of drug-likeness (QED) is 0.468. The van der Waals surface area contributed by atoms with Gasteiger partial charge in [-0.2, -0.15) is 0 Å². The maximum absolute atomic E-state index is 12.1. The van der Waals surface area contributed by atoms with Gasteiger partial charge in [-0.25, -0.2) is 4.79 Å². The van der Waals surface area contributed by atoms with Gasteiger partial charge in [0.25, 0.3) is 11.6 Å². The molecule has 0 radical (unpaired) electrons. The van der Waals surface area contributed by atoms with Crippen LogP contribution in [0.2, 0.25) is 0 Å². The highest BCUT2D eigenvalue weighted by Gasteiger charge is 2.18. The molecule has 0 saturated heterocycles. The van der Waals surface area contributed by atoms with Crippen LogP contribution < -0.4 is 5.32 Å². The van der Waals surface area contributed by atoms with Crippen LogP contribution in [0.1, 0.15) is 46.8 Å². The molecule has 1 amide bonds. The molecule has 7 heteroatoms. The summed E-state index contributed by atoms with van der Waals surface area (Å²) in [5, 5.41) is 13.6. The number of hydrogen-bond acceptors (Lipinski definition) is 5. The number of carbonyl (C=O) groups excluding carboxylic acids is 2. The van der Waals surface area contributed by atoms with Crippen LogP contribution in [0.25, 0.3) is 0 Å². The van der Waals surface area contributed by atoms with Crippen molar-refractivity contribution in [3.63, 3.8) is 0 Å². The van der Waals surface area contributed by atoms with E-state index in [2.05, 4.69) is 5.32 Å². The highest BCUT2D eigenvalue weighted by Crippen LogP contribution is 2.27. The number of nitro groups is 1. The highest BCUT2D eigenvalue weighted by atomic mass is 16.6. The van der Waals surface area contributed by atoms with E-state index in [0.29, 0.717) is 11.5 Å².